The van der Waals surface area contributed by atoms with Crippen LogP contribution in [0.3, 0.4) is 0 Å². The smallest absolute Gasteiger partial charge is 0.159 e. The number of halogens is 2. The van der Waals surface area contributed by atoms with Crippen LogP contribution in [0.25, 0.3) is 0 Å². The first-order valence-corrected chi connectivity index (χ1v) is 11.0. The Morgan fingerprint density at radius 3 is 2.55 bits per heavy atom. The quantitative estimate of drug-likeness (QED) is 0.405. The summed E-state index contributed by atoms with van der Waals surface area (Å²) in [6.45, 7) is 7.20. The second-order valence-electron chi connectivity index (χ2n) is 8.73. The van der Waals surface area contributed by atoms with Gasteiger partial charge in [-0.25, -0.2) is 13.8 Å². The third-order valence-electron chi connectivity index (χ3n) is 6.10. The van der Waals surface area contributed by atoms with E-state index in [1.165, 1.54) is 6.07 Å². The summed E-state index contributed by atoms with van der Waals surface area (Å²) in [6, 6.07) is 13.5. The van der Waals surface area contributed by atoms with Gasteiger partial charge in [-0.3, -0.25) is 9.88 Å². The second-order valence-corrected chi connectivity index (χ2v) is 8.73. The van der Waals surface area contributed by atoms with Gasteiger partial charge in [-0.05, 0) is 48.9 Å². The lowest BCUT2D eigenvalue weighted by Crippen LogP contribution is -2.72. The third kappa shape index (κ3) is 4.43. The van der Waals surface area contributed by atoms with Crippen molar-refractivity contribution in [2.45, 2.75) is 13.5 Å². The van der Waals surface area contributed by atoms with Crippen molar-refractivity contribution in [2.75, 3.05) is 37.7 Å². The molecule has 8 heteroatoms. The minimum Gasteiger partial charge on any atom is -0.396 e. The monoisotopic (exact) mass is 449 g/mol. The maximum absolute atomic E-state index is 13.7. The molecule has 0 N–H and O–H groups in total. The van der Waals surface area contributed by atoms with Crippen LogP contribution < -0.4 is 4.90 Å². The zero-order valence-electron chi connectivity index (χ0n) is 18.4. The van der Waals surface area contributed by atoms with Gasteiger partial charge in [0.1, 0.15) is 18.1 Å². The molecule has 170 valence electrons. The molecular weight excluding hydrogens is 424 g/mol. The molecule has 0 radical (unpaired) electrons. The van der Waals surface area contributed by atoms with E-state index in [-0.39, 0.29) is 0 Å². The van der Waals surface area contributed by atoms with Crippen molar-refractivity contribution in [2.24, 2.45) is 10.6 Å². The Hall–Kier alpha value is -3.39. The fourth-order valence-corrected chi connectivity index (χ4v) is 4.62. The number of benzene rings is 1. The fraction of sp³-hybridized carbons (Fsp3) is 0.320. The number of oxime groups is 1. The maximum atomic E-state index is 13.7. The largest absolute Gasteiger partial charge is 0.396 e. The van der Waals surface area contributed by atoms with Crippen LogP contribution in [-0.2, 0) is 11.4 Å². The first-order valence-electron chi connectivity index (χ1n) is 11.0. The van der Waals surface area contributed by atoms with Crippen molar-refractivity contribution >= 4 is 11.5 Å². The van der Waals surface area contributed by atoms with Crippen LogP contribution in [0.1, 0.15) is 23.7 Å². The van der Waals surface area contributed by atoms with Gasteiger partial charge in [-0.15, -0.1) is 0 Å². The number of hydrogen-bond donors (Lipinski definition) is 0. The molecule has 33 heavy (non-hydrogen) atoms. The molecule has 2 saturated heterocycles. The van der Waals surface area contributed by atoms with Crippen molar-refractivity contribution in [3.05, 3.63) is 89.4 Å². The fourth-order valence-electron chi connectivity index (χ4n) is 4.62. The summed E-state index contributed by atoms with van der Waals surface area (Å²) >= 11 is 0. The highest BCUT2D eigenvalue weighted by atomic mass is 19.2. The van der Waals surface area contributed by atoms with E-state index in [9.17, 15) is 8.78 Å². The van der Waals surface area contributed by atoms with Gasteiger partial charge in [0, 0.05) is 56.1 Å². The molecular formula is C25H25F2N5O. The summed E-state index contributed by atoms with van der Waals surface area (Å²) in [7, 11) is 0. The molecule has 4 heterocycles. The van der Waals surface area contributed by atoms with Crippen molar-refractivity contribution in [1.29, 1.82) is 0 Å². The summed E-state index contributed by atoms with van der Waals surface area (Å²) in [5.74, 6) is -0.788. The van der Waals surface area contributed by atoms with Gasteiger partial charge in [0.25, 0.3) is 0 Å². The highest BCUT2D eigenvalue weighted by molar-refractivity contribution is 6.11. The summed E-state index contributed by atoms with van der Waals surface area (Å²) in [4.78, 5) is 18.9. The van der Waals surface area contributed by atoms with Gasteiger partial charge >= 0.3 is 0 Å². The summed E-state index contributed by atoms with van der Waals surface area (Å²) in [5, 5.41) is 4.09. The van der Waals surface area contributed by atoms with E-state index in [1.807, 2.05) is 36.7 Å². The molecule has 0 aliphatic carbocycles. The normalized spacial score (nSPS) is 17.5. The van der Waals surface area contributed by atoms with Crippen molar-refractivity contribution in [3.8, 4) is 0 Å². The molecule has 1 aromatic carbocycles. The highest BCUT2D eigenvalue weighted by Gasteiger charge is 2.51. The Bertz CT molecular complexity index is 1140. The van der Waals surface area contributed by atoms with Crippen LogP contribution in [0.15, 0.2) is 66.1 Å². The van der Waals surface area contributed by atoms with Crippen LogP contribution in [0.4, 0.5) is 14.6 Å². The highest BCUT2D eigenvalue weighted by Crippen LogP contribution is 2.41. The number of nitrogens with zero attached hydrogens (tertiary/aromatic N) is 5. The van der Waals surface area contributed by atoms with E-state index in [0.29, 0.717) is 29.0 Å². The standard InChI is InChI=1S/C25H25F2N5O/c1-2-33-30-24(19-7-8-20(26)21(27)11-19)22-9-6-18(12-29-22)13-31-14-25(15-31)16-32(17-25)23-5-3-4-10-28-23/h3-12H,2,13-17H2,1H3. The minimum atomic E-state index is -0.933. The predicted octanol–water partition coefficient (Wildman–Crippen LogP) is 3.87. The number of anilines is 1. The van der Waals surface area contributed by atoms with Crippen LogP contribution in [0.5, 0.6) is 0 Å². The van der Waals surface area contributed by atoms with E-state index in [1.54, 1.807) is 6.92 Å². The molecule has 2 aliphatic heterocycles. The minimum absolute atomic E-state index is 0.361. The SMILES string of the molecule is CCON=C(c1ccc(F)c(F)c1)c1ccc(CN2CC3(C2)CN(c2ccccn2)C3)cn1. The third-order valence-corrected chi connectivity index (χ3v) is 6.10. The Labute approximate surface area is 191 Å². The Kier molecular flexibility index (Phi) is 5.76. The van der Waals surface area contributed by atoms with E-state index < -0.39 is 11.6 Å². The second kappa shape index (κ2) is 8.86. The van der Waals surface area contributed by atoms with Gasteiger partial charge in [0.2, 0.25) is 0 Å². The van der Waals surface area contributed by atoms with E-state index in [2.05, 4.69) is 31.0 Å². The molecule has 3 aromatic rings. The summed E-state index contributed by atoms with van der Waals surface area (Å²) in [6.07, 6.45) is 3.64. The average Bonchev–Trinajstić information content (AvgIpc) is 2.78. The number of aromatic nitrogens is 2. The Morgan fingerprint density at radius 2 is 1.88 bits per heavy atom. The molecule has 2 aliphatic rings. The summed E-state index contributed by atoms with van der Waals surface area (Å²) < 4.78 is 27.1. The zero-order valence-corrected chi connectivity index (χ0v) is 18.4. The van der Waals surface area contributed by atoms with E-state index in [0.717, 1.165) is 56.2 Å². The predicted molar refractivity (Wildman–Crippen MR) is 122 cm³/mol. The lowest BCUT2D eigenvalue weighted by Gasteiger charge is -2.60. The van der Waals surface area contributed by atoms with Crippen molar-refractivity contribution < 1.29 is 13.6 Å². The zero-order chi connectivity index (χ0) is 22.8. The van der Waals surface area contributed by atoms with Crippen LogP contribution >= 0.6 is 0 Å². The van der Waals surface area contributed by atoms with E-state index >= 15 is 0 Å². The number of likely N-dealkylation sites (tertiary alicyclic amines) is 1. The van der Waals surface area contributed by atoms with Gasteiger partial charge in [0.05, 0.1) is 5.69 Å². The first-order chi connectivity index (χ1) is 16.0. The van der Waals surface area contributed by atoms with Crippen LogP contribution in [0, 0.1) is 17.0 Å². The molecule has 0 saturated carbocycles. The molecule has 6 nitrogen and oxygen atoms in total. The van der Waals surface area contributed by atoms with Crippen LogP contribution in [0.2, 0.25) is 0 Å². The lowest BCUT2D eigenvalue weighted by atomic mass is 9.72. The molecule has 0 amide bonds. The molecule has 2 aromatic heterocycles. The Morgan fingerprint density at radius 1 is 1.03 bits per heavy atom. The molecule has 2 fully saturated rings. The number of pyridine rings is 2. The topological polar surface area (TPSA) is 53.9 Å². The van der Waals surface area contributed by atoms with Gasteiger partial charge in [-0.2, -0.15) is 0 Å². The van der Waals surface area contributed by atoms with E-state index in [4.69, 9.17) is 4.84 Å². The lowest BCUT2D eigenvalue weighted by molar-refractivity contribution is -0.0277. The molecule has 0 bridgehead atoms. The maximum Gasteiger partial charge on any atom is 0.159 e. The van der Waals surface area contributed by atoms with Crippen molar-refractivity contribution in [1.82, 2.24) is 14.9 Å². The van der Waals surface area contributed by atoms with Crippen LogP contribution in [-0.4, -0.2) is 53.4 Å². The molecule has 0 atom stereocenters. The van der Waals surface area contributed by atoms with Crippen molar-refractivity contribution in [3.63, 3.8) is 0 Å². The molecule has 0 unspecified atom stereocenters. The number of hydrogen-bond acceptors (Lipinski definition) is 6. The first kappa shape index (κ1) is 21.5. The Balaban J connectivity index is 1.20. The number of rotatable bonds is 7. The van der Waals surface area contributed by atoms with Gasteiger partial charge in [0.15, 0.2) is 11.6 Å². The molecule has 1 spiro atoms. The summed E-state index contributed by atoms with van der Waals surface area (Å²) in [5.41, 5.74) is 2.79. The van der Waals surface area contributed by atoms with Gasteiger partial charge < -0.3 is 9.74 Å². The van der Waals surface area contributed by atoms with Gasteiger partial charge in [-0.1, -0.05) is 17.3 Å². The average molecular weight is 450 g/mol. The molecule has 5 rings (SSSR count).